The topological polar surface area (TPSA) is 42.4 Å². The van der Waals surface area contributed by atoms with E-state index < -0.39 is 11.4 Å². The fourth-order valence-corrected chi connectivity index (χ4v) is 3.82. The van der Waals surface area contributed by atoms with E-state index in [-0.39, 0.29) is 5.56 Å². The van der Waals surface area contributed by atoms with Crippen molar-refractivity contribution in [2.75, 3.05) is 0 Å². The Balaban J connectivity index is 1.98. The molecule has 1 atom stereocenters. The molecule has 1 N–H and O–H groups in total. The first-order valence-electron chi connectivity index (χ1n) is 6.05. The molecule has 0 bridgehead atoms. The molecule has 7 heteroatoms. The van der Waals surface area contributed by atoms with Crippen molar-refractivity contribution >= 4 is 27.7 Å². The van der Waals surface area contributed by atoms with E-state index in [0.717, 1.165) is 5.56 Å². The minimum Gasteiger partial charge on any atom is -0.455 e. The first-order valence-corrected chi connectivity index (χ1v) is 7.66. The maximum atomic E-state index is 13.6. The number of aryl methyl sites for hydroxylation is 1. The number of hydrogen-bond donors (Lipinski definition) is 1. The van der Waals surface area contributed by atoms with Crippen LogP contribution in [-0.4, -0.2) is 15.3 Å². The van der Waals surface area contributed by atoms with Crippen molar-refractivity contribution in [1.29, 1.82) is 0 Å². The van der Waals surface area contributed by atoms with Crippen molar-refractivity contribution in [2.24, 2.45) is 0 Å². The van der Waals surface area contributed by atoms with Crippen LogP contribution in [0.1, 0.15) is 17.2 Å². The fraction of sp³-hybridized carbons (Fsp3) is 0.214. The van der Waals surface area contributed by atoms with Crippen LogP contribution in [0.3, 0.4) is 0 Å². The highest BCUT2D eigenvalue weighted by Crippen LogP contribution is 2.57. The number of hydrogen-bond acceptors (Lipinski definition) is 4. The number of rotatable bonds is 2. The van der Waals surface area contributed by atoms with Crippen LogP contribution in [0.4, 0.5) is 8.78 Å². The molecule has 1 aromatic heterocycles. The van der Waals surface area contributed by atoms with Crippen LogP contribution in [0.5, 0.6) is 11.5 Å². The smallest absolute Gasteiger partial charge is 0.327 e. The molecule has 2 aromatic rings. The second-order valence-electron chi connectivity index (χ2n) is 4.66. The fourth-order valence-electron chi connectivity index (χ4n) is 2.06. The second kappa shape index (κ2) is 5.23. The van der Waals surface area contributed by atoms with Crippen molar-refractivity contribution in [3.63, 3.8) is 0 Å². The molecular weight excluding hydrogens is 364 g/mol. The number of thioether (sulfide) groups is 1. The van der Waals surface area contributed by atoms with E-state index in [9.17, 15) is 13.9 Å². The summed E-state index contributed by atoms with van der Waals surface area (Å²) in [5.41, 5.74) is 1.08. The molecule has 0 aliphatic carbocycles. The zero-order valence-corrected chi connectivity index (χ0v) is 13.2. The SMILES string of the molecule is Cc1cncc(Oc2ccc3c(c2Br)C(O)C(F)(F)S3)c1. The number of nitrogens with zero attached hydrogens (tertiary/aromatic N) is 1. The van der Waals surface area contributed by atoms with Crippen molar-refractivity contribution in [3.05, 3.63) is 46.2 Å². The van der Waals surface area contributed by atoms with Crippen LogP contribution >= 0.6 is 27.7 Å². The van der Waals surface area contributed by atoms with Gasteiger partial charge in [-0.25, -0.2) is 0 Å². The minimum absolute atomic E-state index is 0.156. The molecule has 0 saturated carbocycles. The van der Waals surface area contributed by atoms with Gasteiger partial charge in [0.15, 0.2) is 6.10 Å². The van der Waals surface area contributed by atoms with E-state index in [1.165, 1.54) is 12.3 Å². The van der Waals surface area contributed by atoms with E-state index in [2.05, 4.69) is 20.9 Å². The summed E-state index contributed by atoms with van der Waals surface area (Å²) in [5.74, 6) is 0.862. The third-order valence-corrected chi connectivity index (χ3v) is 4.91. The Morgan fingerprint density at radius 3 is 2.86 bits per heavy atom. The molecule has 0 radical (unpaired) electrons. The number of fused-ring (bicyclic) bond motifs is 1. The summed E-state index contributed by atoms with van der Waals surface area (Å²) < 4.78 is 33.1. The third kappa shape index (κ3) is 2.65. The van der Waals surface area contributed by atoms with Crippen molar-refractivity contribution in [2.45, 2.75) is 23.2 Å². The molecule has 1 aliphatic rings. The lowest BCUT2D eigenvalue weighted by molar-refractivity contribution is -0.0314. The van der Waals surface area contributed by atoms with Crippen LogP contribution in [0.15, 0.2) is 40.0 Å². The molecule has 0 fully saturated rings. The molecule has 0 saturated heterocycles. The van der Waals surface area contributed by atoms with Crippen LogP contribution in [0, 0.1) is 6.92 Å². The summed E-state index contributed by atoms with van der Waals surface area (Å²) in [7, 11) is 0. The van der Waals surface area contributed by atoms with Crippen LogP contribution in [-0.2, 0) is 0 Å². The van der Waals surface area contributed by atoms with Gasteiger partial charge in [-0.3, -0.25) is 4.98 Å². The molecular formula is C14H10BrF2NO2S. The summed E-state index contributed by atoms with van der Waals surface area (Å²) in [6.07, 6.45) is 1.36. The maximum absolute atomic E-state index is 13.6. The Labute approximate surface area is 132 Å². The maximum Gasteiger partial charge on any atom is 0.327 e. The summed E-state index contributed by atoms with van der Waals surface area (Å²) in [5, 5.41) is 6.53. The first kappa shape index (κ1) is 14.7. The Bertz CT molecular complexity index is 711. The zero-order valence-electron chi connectivity index (χ0n) is 10.8. The van der Waals surface area contributed by atoms with Gasteiger partial charge < -0.3 is 9.84 Å². The molecule has 2 heterocycles. The first-order chi connectivity index (χ1) is 9.88. The summed E-state index contributed by atoms with van der Waals surface area (Å²) in [6, 6.07) is 4.90. The predicted molar refractivity (Wildman–Crippen MR) is 79.0 cm³/mol. The van der Waals surface area contributed by atoms with Gasteiger partial charge in [0.25, 0.3) is 0 Å². The second-order valence-corrected chi connectivity index (χ2v) is 6.64. The molecule has 110 valence electrons. The van der Waals surface area contributed by atoms with E-state index >= 15 is 0 Å². The quantitative estimate of drug-likeness (QED) is 0.829. The molecule has 1 aliphatic heterocycles. The monoisotopic (exact) mass is 373 g/mol. The van der Waals surface area contributed by atoms with Crippen molar-refractivity contribution < 1.29 is 18.6 Å². The highest BCUT2D eigenvalue weighted by Gasteiger charge is 2.49. The number of benzene rings is 1. The van der Waals surface area contributed by atoms with Crippen LogP contribution in [0.2, 0.25) is 0 Å². The standard InChI is InChI=1S/C14H10BrF2NO2S/c1-7-4-8(6-18-5-7)20-9-2-3-10-11(12(9)15)13(19)14(16,17)21-10/h2-6,13,19H,1H3. The van der Waals surface area contributed by atoms with Gasteiger partial charge in [0, 0.05) is 16.7 Å². The number of alkyl halides is 2. The number of halogens is 3. The Morgan fingerprint density at radius 1 is 1.38 bits per heavy atom. The minimum atomic E-state index is -3.23. The summed E-state index contributed by atoms with van der Waals surface area (Å²) in [4.78, 5) is 4.35. The van der Waals surface area contributed by atoms with Crippen LogP contribution < -0.4 is 4.74 Å². The van der Waals surface area contributed by atoms with E-state index in [4.69, 9.17) is 4.74 Å². The number of aliphatic hydroxyl groups excluding tert-OH is 1. The van der Waals surface area contributed by atoms with E-state index in [1.54, 1.807) is 18.3 Å². The molecule has 1 aromatic carbocycles. The van der Waals surface area contributed by atoms with E-state index in [0.29, 0.717) is 32.6 Å². The van der Waals surface area contributed by atoms with Gasteiger partial charge >= 0.3 is 5.25 Å². The molecule has 3 rings (SSSR count). The van der Waals surface area contributed by atoms with Crippen molar-refractivity contribution in [3.8, 4) is 11.5 Å². The molecule has 0 spiro atoms. The lowest BCUT2D eigenvalue weighted by Crippen LogP contribution is -2.16. The molecule has 3 nitrogen and oxygen atoms in total. The van der Waals surface area contributed by atoms with Crippen molar-refractivity contribution in [1.82, 2.24) is 4.98 Å². The average Bonchev–Trinajstić information content (AvgIpc) is 2.64. The summed E-state index contributed by atoms with van der Waals surface area (Å²) in [6.45, 7) is 1.87. The van der Waals surface area contributed by atoms with Gasteiger partial charge in [0.2, 0.25) is 0 Å². The molecule has 1 unspecified atom stereocenters. The number of aliphatic hydroxyl groups is 1. The summed E-state index contributed by atoms with van der Waals surface area (Å²) >= 11 is 3.60. The lowest BCUT2D eigenvalue weighted by Gasteiger charge is -2.14. The van der Waals surface area contributed by atoms with Crippen LogP contribution in [0.25, 0.3) is 0 Å². The van der Waals surface area contributed by atoms with E-state index in [1.807, 2.05) is 6.92 Å². The number of ether oxygens (including phenoxy) is 1. The van der Waals surface area contributed by atoms with Gasteiger partial charge in [-0.15, -0.1) is 0 Å². The Kier molecular flexibility index (Phi) is 3.67. The zero-order chi connectivity index (χ0) is 15.2. The van der Waals surface area contributed by atoms with Gasteiger partial charge in [0.1, 0.15) is 11.5 Å². The average molecular weight is 374 g/mol. The molecule has 21 heavy (non-hydrogen) atoms. The Morgan fingerprint density at radius 2 is 2.14 bits per heavy atom. The van der Waals surface area contributed by atoms with Gasteiger partial charge in [-0.1, -0.05) is 0 Å². The largest absolute Gasteiger partial charge is 0.455 e. The molecule has 0 amide bonds. The normalized spacial score (nSPS) is 19.4. The lowest BCUT2D eigenvalue weighted by atomic mass is 10.1. The predicted octanol–water partition coefficient (Wildman–Crippen LogP) is 4.68. The van der Waals surface area contributed by atoms with Gasteiger partial charge in [-0.05, 0) is 58.4 Å². The number of aromatic nitrogens is 1. The van der Waals surface area contributed by atoms with Gasteiger partial charge in [0.05, 0.1) is 10.7 Å². The third-order valence-electron chi connectivity index (χ3n) is 3.02. The van der Waals surface area contributed by atoms with Gasteiger partial charge in [-0.2, -0.15) is 8.78 Å². The highest BCUT2D eigenvalue weighted by molar-refractivity contribution is 9.10. The highest BCUT2D eigenvalue weighted by atomic mass is 79.9. The number of pyridine rings is 1. The Hall–Kier alpha value is -1.18.